The highest BCUT2D eigenvalue weighted by Gasteiger charge is 2.33. The summed E-state index contributed by atoms with van der Waals surface area (Å²) in [6.45, 7) is 2.09. The number of aliphatic imine (C=N–C) groups is 1. The Balaban J connectivity index is 1.48. The normalized spacial score (nSPS) is 17.9. The summed E-state index contributed by atoms with van der Waals surface area (Å²) in [6, 6.07) is 15.2. The summed E-state index contributed by atoms with van der Waals surface area (Å²) in [7, 11) is 1.59. The monoisotopic (exact) mass is 545 g/mol. The molecule has 2 N–H and O–H groups in total. The molecule has 1 fully saturated rings. The van der Waals surface area contributed by atoms with Gasteiger partial charge in [-0.05, 0) is 56.2 Å². The van der Waals surface area contributed by atoms with E-state index in [4.69, 9.17) is 9.47 Å². The molecule has 2 heterocycles. The van der Waals surface area contributed by atoms with E-state index < -0.39 is 5.97 Å². The minimum absolute atomic E-state index is 0.0154. The van der Waals surface area contributed by atoms with Crippen molar-refractivity contribution in [1.82, 2.24) is 9.88 Å². The lowest BCUT2D eigenvalue weighted by molar-refractivity contribution is -0.138. The Labute approximate surface area is 231 Å². The quantitative estimate of drug-likeness (QED) is 0.342. The molecular formula is C30H31N3O5S. The second-order valence-electron chi connectivity index (χ2n) is 9.45. The standard InChI is InChI=1S/C30H31N3O5S/c1-3-38-30(36)27-28(35)25(39-29(27)32-21-12-14-22(37-2)15-13-21)16-19-17-33(24-11-7-6-10-23(19)24)18-26(34)31-20-8-4-5-9-20/h6-7,10-17,20,35H,3-5,8-9,18H2,1-2H3,(H,31,34)/b25-16-,32-29?. The fraction of sp³-hybridized carbons (Fsp3) is 0.300. The van der Waals surface area contributed by atoms with Crippen LogP contribution < -0.4 is 10.1 Å². The highest BCUT2D eigenvalue weighted by molar-refractivity contribution is 8.18. The number of carbonyl (C=O) groups excluding carboxylic acids is 2. The van der Waals surface area contributed by atoms with E-state index in [0.29, 0.717) is 21.4 Å². The van der Waals surface area contributed by atoms with Gasteiger partial charge in [-0.2, -0.15) is 0 Å². The minimum atomic E-state index is -0.635. The number of thioether (sulfide) groups is 1. The average molecular weight is 546 g/mol. The van der Waals surface area contributed by atoms with Crippen LogP contribution in [0.25, 0.3) is 17.0 Å². The third-order valence-electron chi connectivity index (χ3n) is 6.81. The van der Waals surface area contributed by atoms with Crippen LogP contribution in [0.5, 0.6) is 5.75 Å². The predicted octanol–water partition coefficient (Wildman–Crippen LogP) is 5.90. The second kappa shape index (κ2) is 11.8. The molecule has 1 aromatic heterocycles. The average Bonchev–Trinajstić information content (AvgIpc) is 3.64. The van der Waals surface area contributed by atoms with Gasteiger partial charge < -0.3 is 24.5 Å². The van der Waals surface area contributed by atoms with Crippen LogP contribution in [0, 0.1) is 0 Å². The number of methoxy groups -OCH3 is 1. The van der Waals surface area contributed by atoms with Gasteiger partial charge in [-0.1, -0.05) is 42.8 Å². The van der Waals surface area contributed by atoms with Gasteiger partial charge in [-0.25, -0.2) is 9.79 Å². The number of aliphatic hydroxyl groups excluding tert-OH is 1. The minimum Gasteiger partial charge on any atom is -0.506 e. The second-order valence-corrected chi connectivity index (χ2v) is 10.5. The van der Waals surface area contributed by atoms with Crippen LogP contribution in [0.15, 0.2) is 76.0 Å². The van der Waals surface area contributed by atoms with Gasteiger partial charge in [0.05, 0.1) is 24.3 Å². The number of ether oxygens (including phenoxy) is 2. The number of nitrogens with one attached hydrogen (secondary N) is 1. The van der Waals surface area contributed by atoms with Crippen molar-refractivity contribution in [2.75, 3.05) is 13.7 Å². The van der Waals surface area contributed by atoms with Crippen LogP contribution in [0.1, 0.15) is 38.2 Å². The van der Waals surface area contributed by atoms with Gasteiger partial charge in [0, 0.05) is 28.7 Å². The van der Waals surface area contributed by atoms with Crippen LogP contribution >= 0.6 is 11.8 Å². The molecule has 1 aliphatic carbocycles. The molecule has 9 heteroatoms. The molecule has 1 amide bonds. The Morgan fingerprint density at radius 2 is 1.90 bits per heavy atom. The SMILES string of the molecule is CCOC(=O)C1=C(O)/C(=C/c2cn(CC(=O)NC3CCCC3)c3ccccc23)SC1=Nc1ccc(OC)cc1. The maximum absolute atomic E-state index is 12.8. The summed E-state index contributed by atoms with van der Waals surface area (Å²) in [6.07, 6.45) is 8.09. The Morgan fingerprint density at radius 1 is 1.15 bits per heavy atom. The molecule has 39 heavy (non-hydrogen) atoms. The van der Waals surface area contributed by atoms with Gasteiger partial charge in [0.2, 0.25) is 5.91 Å². The van der Waals surface area contributed by atoms with Crippen molar-refractivity contribution in [2.24, 2.45) is 4.99 Å². The van der Waals surface area contributed by atoms with Gasteiger partial charge in [0.1, 0.15) is 28.7 Å². The maximum atomic E-state index is 12.8. The smallest absolute Gasteiger partial charge is 0.344 e. The summed E-state index contributed by atoms with van der Waals surface area (Å²) in [5, 5.41) is 15.6. The lowest BCUT2D eigenvalue weighted by Gasteiger charge is -2.12. The van der Waals surface area contributed by atoms with Crippen molar-refractivity contribution in [1.29, 1.82) is 0 Å². The summed E-state index contributed by atoms with van der Waals surface area (Å²) in [4.78, 5) is 30.7. The van der Waals surface area contributed by atoms with Crippen LogP contribution in [0.4, 0.5) is 5.69 Å². The van der Waals surface area contributed by atoms with E-state index in [-0.39, 0.29) is 36.4 Å². The molecule has 8 nitrogen and oxygen atoms in total. The van der Waals surface area contributed by atoms with Crippen molar-refractivity contribution in [3.05, 3.63) is 76.5 Å². The number of hydrogen-bond acceptors (Lipinski definition) is 7. The molecule has 2 aromatic carbocycles. The van der Waals surface area contributed by atoms with Crippen LogP contribution in [0.2, 0.25) is 0 Å². The number of aliphatic hydroxyl groups is 1. The number of nitrogens with zero attached hydrogens (tertiary/aromatic N) is 2. The lowest BCUT2D eigenvalue weighted by atomic mass is 10.1. The number of benzene rings is 2. The Bertz CT molecular complexity index is 1480. The number of fused-ring (bicyclic) bond motifs is 1. The van der Waals surface area contributed by atoms with E-state index in [1.54, 1.807) is 38.3 Å². The molecule has 0 atom stereocenters. The van der Waals surface area contributed by atoms with E-state index in [1.807, 2.05) is 41.1 Å². The molecule has 0 spiro atoms. The highest BCUT2D eigenvalue weighted by Crippen LogP contribution is 2.41. The summed E-state index contributed by atoms with van der Waals surface area (Å²) < 4.78 is 12.4. The van der Waals surface area contributed by atoms with Crippen molar-refractivity contribution in [2.45, 2.75) is 45.2 Å². The topological polar surface area (TPSA) is 102 Å². The van der Waals surface area contributed by atoms with E-state index in [0.717, 1.165) is 42.1 Å². The zero-order chi connectivity index (χ0) is 27.4. The molecule has 3 aromatic rings. The zero-order valence-corrected chi connectivity index (χ0v) is 22.8. The molecule has 0 unspecified atom stereocenters. The van der Waals surface area contributed by atoms with E-state index in [2.05, 4.69) is 10.3 Å². The van der Waals surface area contributed by atoms with Crippen LogP contribution in [0.3, 0.4) is 0 Å². The number of aromatic nitrogens is 1. The Kier molecular flexibility index (Phi) is 8.07. The Morgan fingerprint density at radius 3 is 2.62 bits per heavy atom. The molecule has 5 rings (SSSR count). The molecule has 0 saturated heterocycles. The van der Waals surface area contributed by atoms with Crippen molar-refractivity contribution >= 4 is 51.3 Å². The van der Waals surface area contributed by atoms with Gasteiger partial charge in [0.25, 0.3) is 0 Å². The molecule has 0 bridgehead atoms. The molecule has 1 saturated carbocycles. The van der Waals surface area contributed by atoms with E-state index >= 15 is 0 Å². The van der Waals surface area contributed by atoms with Crippen molar-refractivity contribution < 1.29 is 24.2 Å². The first-order valence-electron chi connectivity index (χ1n) is 13.1. The summed E-state index contributed by atoms with van der Waals surface area (Å²) >= 11 is 1.20. The number of esters is 1. The van der Waals surface area contributed by atoms with E-state index in [9.17, 15) is 14.7 Å². The molecular weight excluding hydrogens is 514 g/mol. The number of carbonyl (C=O) groups is 2. The van der Waals surface area contributed by atoms with Gasteiger partial charge in [-0.15, -0.1) is 0 Å². The first-order valence-corrected chi connectivity index (χ1v) is 13.9. The predicted molar refractivity (Wildman–Crippen MR) is 154 cm³/mol. The number of hydrogen-bond donors (Lipinski definition) is 2. The third kappa shape index (κ3) is 5.88. The number of para-hydroxylation sites is 1. The van der Waals surface area contributed by atoms with Gasteiger partial charge >= 0.3 is 5.97 Å². The van der Waals surface area contributed by atoms with Crippen molar-refractivity contribution in [3.8, 4) is 5.75 Å². The van der Waals surface area contributed by atoms with Crippen LogP contribution in [-0.2, 0) is 20.9 Å². The first-order chi connectivity index (χ1) is 19.0. The number of rotatable bonds is 8. The molecule has 2 aliphatic rings. The lowest BCUT2D eigenvalue weighted by Crippen LogP contribution is -2.35. The number of amides is 1. The highest BCUT2D eigenvalue weighted by atomic mass is 32.2. The Hall–Kier alpha value is -3.98. The summed E-state index contributed by atoms with van der Waals surface area (Å²) in [5.74, 6) is -0.139. The van der Waals surface area contributed by atoms with Gasteiger partial charge in [0.15, 0.2) is 0 Å². The molecule has 202 valence electrons. The third-order valence-corrected chi connectivity index (χ3v) is 7.83. The van der Waals surface area contributed by atoms with Gasteiger partial charge in [-0.3, -0.25) is 4.79 Å². The molecule has 1 aliphatic heterocycles. The largest absolute Gasteiger partial charge is 0.506 e. The molecule has 0 radical (unpaired) electrons. The van der Waals surface area contributed by atoms with Crippen molar-refractivity contribution in [3.63, 3.8) is 0 Å². The summed E-state index contributed by atoms with van der Waals surface area (Å²) in [5.41, 5.74) is 2.37. The zero-order valence-electron chi connectivity index (χ0n) is 22.0. The van der Waals surface area contributed by atoms with E-state index in [1.165, 1.54) is 11.8 Å². The fourth-order valence-electron chi connectivity index (χ4n) is 4.93. The first kappa shape index (κ1) is 26.6. The van der Waals surface area contributed by atoms with Crippen LogP contribution in [-0.4, -0.2) is 46.4 Å². The maximum Gasteiger partial charge on any atom is 0.344 e. The fourth-order valence-corrected chi connectivity index (χ4v) is 5.95.